The lowest BCUT2D eigenvalue weighted by Crippen LogP contribution is -2.37. The Bertz CT molecular complexity index is 988. The standard InChI is InChI=1S/C22H28N4O5/c1-14-23-18(13-31-14)20(27)24-17-10-15-12-26(5-4-22(2,3)29)21(28)16(15)11-19(17)25-6-8-30-9-7-25/h10-11,13,29H,4-9,12H2,1-3H3,(H,24,27). The molecule has 0 spiro atoms. The lowest BCUT2D eigenvalue weighted by molar-refractivity contribution is 0.0517. The topological polar surface area (TPSA) is 108 Å². The summed E-state index contributed by atoms with van der Waals surface area (Å²) >= 11 is 0. The van der Waals surface area contributed by atoms with Crippen molar-refractivity contribution in [2.45, 2.75) is 39.3 Å². The number of nitrogens with zero attached hydrogens (tertiary/aromatic N) is 3. The summed E-state index contributed by atoms with van der Waals surface area (Å²) in [5.74, 6) is -0.00571. The molecule has 0 bridgehead atoms. The third-order valence-electron chi connectivity index (χ3n) is 5.55. The molecule has 3 heterocycles. The molecular weight excluding hydrogens is 400 g/mol. The molecular formula is C22H28N4O5. The first-order valence-electron chi connectivity index (χ1n) is 10.5. The lowest BCUT2D eigenvalue weighted by Gasteiger charge is -2.31. The van der Waals surface area contributed by atoms with Crippen LogP contribution in [0.4, 0.5) is 11.4 Å². The minimum Gasteiger partial charge on any atom is -0.448 e. The van der Waals surface area contributed by atoms with Crippen LogP contribution in [0.2, 0.25) is 0 Å². The Morgan fingerprint density at radius 3 is 2.68 bits per heavy atom. The van der Waals surface area contributed by atoms with Crippen LogP contribution in [0.5, 0.6) is 0 Å². The first-order valence-corrected chi connectivity index (χ1v) is 10.5. The first kappa shape index (κ1) is 21.3. The van der Waals surface area contributed by atoms with Gasteiger partial charge in [-0.3, -0.25) is 9.59 Å². The average molecular weight is 428 g/mol. The fourth-order valence-corrected chi connectivity index (χ4v) is 3.82. The average Bonchev–Trinajstić information content (AvgIpc) is 3.29. The normalized spacial score (nSPS) is 16.6. The highest BCUT2D eigenvalue weighted by molar-refractivity contribution is 6.06. The van der Waals surface area contributed by atoms with Crippen LogP contribution in [0.15, 0.2) is 22.8 Å². The smallest absolute Gasteiger partial charge is 0.277 e. The quantitative estimate of drug-likeness (QED) is 0.726. The van der Waals surface area contributed by atoms with Gasteiger partial charge in [-0.15, -0.1) is 0 Å². The van der Waals surface area contributed by atoms with Crippen molar-refractivity contribution < 1.29 is 23.8 Å². The molecule has 2 amide bonds. The Labute approximate surface area is 181 Å². The molecule has 0 saturated carbocycles. The van der Waals surface area contributed by atoms with E-state index in [1.54, 1.807) is 25.7 Å². The predicted molar refractivity (Wildman–Crippen MR) is 114 cm³/mol. The largest absolute Gasteiger partial charge is 0.448 e. The first-order chi connectivity index (χ1) is 14.7. The number of hydrogen-bond acceptors (Lipinski definition) is 7. The monoisotopic (exact) mass is 428 g/mol. The predicted octanol–water partition coefficient (Wildman–Crippen LogP) is 2.19. The van der Waals surface area contributed by atoms with Crippen LogP contribution in [0.3, 0.4) is 0 Å². The summed E-state index contributed by atoms with van der Waals surface area (Å²) in [6.45, 7) is 8.55. The van der Waals surface area contributed by atoms with Gasteiger partial charge in [-0.1, -0.05) is 0 Å². The summed E-state index contributed by atoms with van der Waals surface area (Å²) in [6, 6.07) is 3.73. The Kier molecular flexibility index (Phi) is 5.72. The highest BCUT2D eigenvalue weighted by atomic mass is 16.5. The van der Waals surface area contributed by atoms with Gasteiger partial charge in [0.25, 0.3) is 11.8 Å². The van der Waals surface area contributed by atoms with E-state index in [4.69, 9.17) is 9.15 Å². The number of hydrogen-bond donors (Lipinski definition) is 2. The number of carbonyl (C=O) groups is 2. The van der Waals surface area contributed by atoms with E-state index in [2.05, 4.69) is 15.2 Å². The van der Waals surface area contributed by atoms with Gasteiger partial charge in [-0.25, -0.2) is 4.98 Å². The number of benzene rings is 1. The molecule has 1 aromatic heterocycles. The number of carbonyl (C=O) groups excluding carboxylic acids is 2. The van der Waals surface area contributed by atoms with Gasteiger partial charge in [0.1, 0.15) is 6.26 Å². The van der Waals surface area contributed by atoms with Crippen LogP contribution in [0.1, 0.15) is 52.6 Å². The number of amides is 2. The van der Waals surface area contributed by atoms with Gasteiger partial charge in [0.15, 0.2) is 11.6 Å². The molecule has 1 aromatic carbocycles. The van der Waals surface area contributed by atoms with Crippen molar-refractivity contribution in [2.24, 2.45) is 0 Å². The van der Waals surface area contributed by atoms with E-state index in [1.807, 2.05) is 12.1 Å². The van der Waals surface area contributed by atoms with Gasteiger partial charge in [-0.2, -0.15) is 0 Å². The Morgan fingerprint density at radius 2 is 2.03 bits per heavy atom. The molecule has 2 N–H and O–H groups in total. The lowest BCUT2D eigenvalue weighted by atomic mass is 10.1. The molecule has 0 atom stereocenters. The molecule has 2 aliphatic rings. The zero-order chi connectivity index (χ0) is 22.2. The van der Waals surface area contributed by atoms with Crippen molar-refractivity contribution in [1.82, 2.24) is 9.88 Å². The number of ether oxygens (including phenoxy) is 1. The van der Waals surface area contributed by atoms with Gasteiger partial charge in [-0.05, 0) is 38.0 Å². The molecule has 2 aliphatic heterocycles. The molecule has 0 unspecified atom stereocenters. The van der Waals surface area contributed by atoms with Crippen LogP contribution >= 0.6 is 0 Å². The second kappa shape index (κ2) is 8.32. The zero-order valence-corrected chi connectivity index (χ0v) is 18.1. The molecule has 31 heavy (non-hydrogen) atoms. The van der Waals surface area contributed by atoms with Gasteiger partial charge in [0.2, 0.25) is 0 Å². The minimum absolute atomic E-state index is 0.0567. The number of oxazole rings is 1. The molecule has 1 fully saturated rings. The molecule has 4 rings (SSSR count). The highest BCUT2D eigenvalue weighted by Crippen LogP contribution is 2.35. The number of aryl methyl sites for hydroxylation is 1. The van der Waals surface area contributed by atoms with Gasteiger partial charge >= 0.3 is 0 Å². The third-order valence-corrected chi connectivity index (χ3v) is 5.55. The summed E-state index contributed by atoms with van der Waals surface area (Å²) in [6.07, 6.45) is 1.81. The molecule has 0 radical (unpaired) electrons. The van der Waals surface area contributed by atoms with E-state index in [9.17, 15) is 14.7 Å². The summed E-state index contributed by atoms with van der Waals surface area (Å²) < 4.78 is 10.6. The maximum absolute atomic E-state index is 13.0. The van der Waals surface area contributed by atoms with E-state index < -0.39 is 5.60 Å². The van der Waals surface area contributed by atoms with Crippen molar-refractivity contribution in [1.29, 1.82) is 0 Å². The van der Waals surface area contributed by atoms with Crippen molar-refractivity contribution >= 4 is 23.2 Å². The number of aromatic nitrogens is 1. The minimum atomic E-state index is -0.844. The van der Waals surface area contributed by atoms with Gasteiger partial charge < -0.3 is 29.4 Å². The Hall–Kier alpha value is -2.91. The Balaban J connectivity index is 1.63. The van der Waals surface area contributed by atoms with Crippen LogP contribution in [0, 0.1) is 6.92 Å². The van der Waals surface area contributed by atoms with E-state index >= 15 is 0 Å². The number of nitrogens with one attached hydrogen (secondary N) is 1. The second-order valence-corrected chi connectivity index (χ2v) is 8.62. The Morgan fingerprint density at radius 1 is 1.29 bits per heavy atom. The molecule has 1 saturated heterocycles. The van der Waals surface area contributed by atoms with E-state index in [0.29, 0.717) is 63.0 Å². The van der Waals surface area contributed by atoms with Crippen molar-refractivity contribution in [3.05, 3.63) is 41.1 Å². The number of morpholine rings is 1. The summed E-state index contributed by atoms with van der Waals surface area (Å²) in [4.78, 5) is 33.7. The molecule has 9 heteroatoms. The van der Waals surface area contributed by atoms with Crippen LogP contribution in [-0.4, -0.2) is 65.3 Å². The number of aliphatic hydroxyl groups is 1. The number of anilines is 2. The molecule has 0 aliphatic carbocycles. The third kappa shape index (κ3) is 4.72. The number of rotatable bonds is 6. The van der Waals surface area contributed by atoms with Crippen LogP contribution in [0.25, 0.3) is 0 Å². The molecule has 2 aromatic rings. The van der Waals surface area contributed by atoms with E-state index in [1.165, 1.54) is 6.26 Å². The maximum atomic E-state index is 13.0. The van der Waals surface area contributed by atoms with Crippen molar-refractivity contribution in [3.8, 4) is 0 Å². The van der Waals surface area contributed by atoms with Crippen molar-refractivity contribution in [3.63, 3.8) is 0 Å². The van der Waals surface area contributed by atoms with E-state index in [-0.39, 0.29) is 17.5 Å². The van der Waals surface area contributed by atoms with Crippen molar-refractivity contribution in [2.75, 3.05) is 43.1 Å². The summed E-state index contributed by atoms with van der Waals surface area (Å²) in [5.41, 5.74) is 2.26. The van der Waals surface area contributed by atoms with Gasteiger partial charge in [0, 0.05) is 38.7 Å². The summed E-state index contributed by atoms with van der Waals surface area (Å²) in [5, 5.41) is 13.0. The maximum Gasteiger partial charge on any atom is 0.277 e. The SMILES string of the molecule is Cc1nc(C(=O)Nc2cc3c(cc2N2CCOCC2)C(=O)N(CCC(C)(C)O)C3)co1. The van der Waals surface area contributed by atoms with E-state index in [0.717, 1.165) is 11.3 Å². The molecule has 166 valence electrons. The fourth-order valence-electron chi connectivity index (χ4n) is 3.82. The summed E-state index contributed by atoms with van der Waals surface area (Å²) in [7, 11) is 0. The second-order valence-electron chi connectivity index (χ2n) is 8.62. The highest BCUT2D eigenvalue weighted by Gasteiger charge is 2.31. The number of fused-ring (bicyclic) bond motifs is 1. The van der Waals surface area contributed by atoms with Crippen LogP contribution in [-0.2, 0) is 11.3 Å². The zero-order valence-electron chi connectivity index (χ0n) is 18.1. The van der Waals surface area contributed by atoms with Gasteiger partial charge in [0.05, 0.1) is 30.2 Å². The fraction of sp³-hybridized carbons (Fsp3) is 0.500. The van der Waals surface area contributed by atoms with Crippen LogP contribution < -0.4 is 10.2 Å². The molecule has 9 nitrogen and oxygen atoms in total.